The molecule has 0 bridgehead atoms. The van der Waals surface area contributed by atoms with Gasteiger partial charge in [-0.15, -0.1) is 0 Å². The maximum Gasteiger partial charge on any atom is 0.378 e. The number of cyclic esters (lactones) is 1. The lowest BCUT2D eigenvalue weighted by molar-refractivity contribution is -0.143. The van der Waals surface area contributed by atoms with Crippen LogP contribution in [0.3, 0.4) is 0 Å². The van der Waals surface area contributed by atoms with Gasteiger partial charge in [-0.05, 0) is 31.2 Å². The third-order valence-corrected chi connectivity index (χ3v) is 6.18. The van der Waals surface area contributed by atoms with Crippen molar-refractivity contribution >= 4 is 5.97 Å². The van der Waals surface area contributed by atoms with Gasteiger partial charge in [-0.2, -0.15) is 0 Å². The molecule has 0 fully saturated rings. The predicted molar refractivity (Wildman–Crippen MR) is 135 cm³/mol. The number of carbonyl (C=O) groups excluding carboxylic acids is 1. The van der Waals surface area contributed by atoms with E-state index in [1.807, 2.05) is 30.3 Å². The highest BCUT2D eigenvalue weighted by Crippen LogP contribution is 2.26. The summed E-state index contributed by atoms with van der Waals surface area (Å²) >= 11 is 0. The summed E-state index contributed by atoms with van der Waals surface area (Å²) in [5.74, 6) is -0.705. The van der Waals surface area contributed by atoms with Crippen LogP contribution in [0, 0.1) is 0 Å². The number of rotatable bonds is 19. The summed E-state index contributed by atoms with van der Waals surface area (Å²) in [6.45, 7) is 2.51. The van der Waals surface area contributed by atoms with Gasteiger partial charge in [-0.1, -0.05) is 120 Å². The summed E-state index contributed by atoms with van der Waals surface area (Å²) in [5.41, 5.74) is 0.940. The van der Waals surface area contributed by atoms with Gasteiger partial charge in [0.2, 0.25) is 5.76 Å². The van der Waals surface area contributed by atoms with E-state index in [1.165, 1.54) is 77.0 Å². The molecule has 0 amide bonds. The lowest BCUT2D eigenvalue weighted by Gasteiger charge is -2.07. The van der Waals surface area contributed by atoms with Gasteiger partial charge in [-0.3, -0.25) is 0 Å². The maximum absolute atomic E-state index is 12.0. The van der Waals surface area contributed by atoms with Crippen molar-refractivity contribution in [2.75, 3.05) is 0 Å². The van der Waals surface area contributed by atoms with Crippen molar-refractivity contribution in [3.05, 3.63) is 59.6 Å². The molecule has 1 aromatic rings. The van der Waals surface area contributed by atoms with E-state index in [4.69, 9.17) is 9.47 Å². The van der Waals surface area contributed by atoms with Crippen LogP contribution in [0.4, 0.5) is 0 Å². The number of aliphatic hydroxyl groups is 1. The van der Waals surface area contributed by atoms with E-state index in [-0.39, 0.29) is 18.1 Å². The van der Waals surface area contributed by atoms with Crippen molar-refractivity contribution < 1.29 is 19.4 Å². The van der Waals surface area contributed by atoms with Crippen molar-refractivity contribution in [3.8, 4) is 0 Å². The first-order chi connectivity index (χ1) is 16.2. The zero-order chi connectivity index (χ0) is 23.6. The van der Waals surface area contributed by atoms with Crippen molar-refractivity contribution in [2.45, 2.75) is 116 Å². The average Bonchev–Trinajstić information content (AvgIpc) is 3.10. The summed E-state index contributed by atoms with van der Waals surface area (Å²) in [6.07, 6.45) is 22.6. The fraction of sp³-hybridized carbons (Fsp3) is 0.621. The van der Waals surface area contributed by atoms with E-state index in [1.54, 1.807) is 0 Å². The van der Waals surface area contributed by atoms with Gasteiger partial charge in [0.1, 0.15) is 6.61 Å². The minimum absolute atomic E-state index is 0.0516. The second-order valence-electron chi connectivity index (χ2n) is 9.11. The van der Waals surface area contributed by atoms with Crippen LogP contribution in [0.5, 0.6) is 0 Å². The Morgan fingerprint density at radius 2 is 1.42 bits per heavy atom. The molecule has 4 nitrogen and oxygen atoms in total. The molecular weight excluding hydrogens is 412 g/mol. The maximum atomic E-state index is 12.0. The molecule has 0 aliphatic carbocycles. The number of esters is 1. The minimum atomic E-state index is -0.598. The molecule has 2 rings (SSSR count). The molecule has 0 aromatic heterocycles. The molecule has 1 aliphatic rings. The van der Waals surface area contributed by atoms with Crippen LogP contribution < -0.4 is 0 Å². The molecule has 0 saturated heterocycles. The van der Waals surface area contributed by atoms with Gasteiger partial charge in [0, 0.05) is 0 Å². The van der Waals surface area contributed by atoms with Crippen LogP contribution >= 0.6 is 0 Å². The number of carbonyl (C=O) groups is 1. The molecule has 4 heteroatoms. The second-order valence-corrected chi connectivity index (χ2v) is 9.11. The highest BCUT2D eigenvalue weighted by atomic mass is 16.6. The SMILES string of the molecule is CCCCCCCCCCCCCC/C=C\CC[C@H]1OC(=O)C(OCc2ccccc2)=C1O. The van der Waals surface area contributed by atoms with E-state index >= 15 is 0 Å². The topological polar surface area (TPSA) is 55.8 Å². The Morgan fingerprint density at radius 1 is 0.848 bits per heavy atom. The summed E-state index contributed by atoms with van der Waals surface area (Å²) in [7, 11) is 0. The highest BCUT2D eigenvalue weighted by molar-refractivity contribution is 5.89. The smallest absolute Gasteiger partial charge is 0.378 e. The summed E-state index contributed by atoms with van der Waals surface area (Å²) < 4.78 is 10.8. The van der Waals surface area contributed by atoms with Gasteiger partial charge < -0.3 is 14.6 Å². The second kappa shape index (κ2) is 17.3. The number of hydrogen-bond donors (Lipinski definition) is 1. The van der Waals surface area contributed by atoms with E-state index in [9.17, 15) is 9.90 Å². The Bertz CT molecular complexity index is 708. The van der Waals surface area contributed by atoms with Crippen molar-refractivity contribution in [1.82, 2.24) is 0 Å². The van der Waals surface area contributed by atoms with E-state index in [0.717, 1.165) is 18.4 Å². The quantitative estimate of drug-likeness (QED) is 0.129. The Hall–Kier alpha value is -2.23. The molecule has 0 radical (unpaired) electrons. The third kappa shape index (κ3) is 11.5. The fourth-order valence-corrected chi connectivity index (χ4v) is 4.13. The molecule has 0 saturated carbocycles. The molecule has 1 heterocycles. The number of aliphatic hydroxyl groups excluding tert-OH is 1. The first kappa shape index (κ1) is 27.0. The zero-order valence-corrected chi connectivity index (χ0v) is 20.6. The Labute approximate surface area is 201 Å². The van der Waals surface area contributed by atoms with Gasteiger partial charge >= 0.3 is 5.97 Å². The average molecular weight is 457 g/mol. The van der Waals surface area contributed by atoms with Crippen LogP contribution in [-0.4, -0.2) is 17.2 Å². The largest absolute Gasteiger partial charge is 0.505 e. The third-order valence-electron chi connectivity index (χ3n) is 6.18. The monoisotopic (exact) mass is 456 g/mol. The highest BCUT2D eigenvalue weighted by Gasteiger charge is 2.35. The van der Waals surface area contributed by atoms with Gasteiger partial charge in [-0.25, -0.2) is 4.79 Å². The summed E-state index contributed by atoms with van der Waals surface area (Å²) in [4.78, 5) is 12.0. The molecule has 1 atom stereocenters. The summed E-state index contributed by atoms with van der Waals surface area (Å²) in [5, 5.41) is 10.3. The first-order valence-electron chi connectivity index (χ1n) is 13.2. The molecule has 1 aliphatic heterocycles. The standard InChI is InChI=1S/C29H44O4/c1-2-3-4-5-6-7-8-9-10-11-12-13-14-15-16-20-23-26-27(30)28(29(31)33-26)32-24-25-21-18-17-19-22-25/h15-19,21-22,26,30H,2-14,20,23-24H2,1H3/b16-15-/t26-/m1/s1. The number of hydrogen-bond acceptors (Lipinski definition) is 4. The number of ether oxygens (including phenoxy) is 2. The number of benzene rings is 1. The predicted octanol–water partition coefficient (Wildman–Crippen LogP) is 8.33. The molecule has 184 valence electrons. The van der Waals surface area contributed by atoms with Crippen LogP contribution in [0.25, 0.3) is 0 Å². The van der Waals surface area contributed by atoms with Crippen LogP contribution in [0.15, 0.2) is 54.0 Å². The van der Waals surface area contributed by atoms with E-state index in [2.05, 4.69) is 19.1 Å². The lowest BCUT2D eigenvalue weighted by atomic mass is 10.0. The van der Waals surface area contributed by atoms with Crippen molar-refractivity contribution in [1.29, 1.82) is 0 Å². The molecule has 1 aromatic carbocycles. The Balaban J connectivity index is 1.47. The molecule has 33 heavy (non-hydrogen) atoms. The first-order valence-corrected chi connectivity index (χ1v) is 13.2. The molecule has 0 unspecified atom stereocenters. The van der Waals surface area contributed by atoms with Crippen LogP contribution in [0.1, 0.15) is 109 Å². The molecule has 1 N–H and O–H groups in total. The van der Waals surface area contributed by atoms with Crippen molar-refractivity contribution in [2.24, 2.45) is 0 Å². The van der Waals surface area contributed by atoms with Gasteiger partial charge in [0.25, 0.3) is 0 Å². The lowest BCUT2D eigenvalue weighted by Crippen LogP contribution is -2.10. The van der Waals surface area contributed by atoms with Crippen LogP contribution in [0.2, 0.25) is 0 Å². The Kier molecular flexibility index (Phi) is 14.1. The molecule has 0 spiro atoms. The van der Waals surface area contributed by atoms with E-state index < -0.39 is 12.1 Å². The molecular formula is C29H44O4. The van der Waals surface area contributed by atoms with Crippen LogP contribution in [-0.2, 0) is 20.9 Å². The van der Waals surface area contributed by atoms with Crippen molar-refractivity contribution in [3.63, 3.8) is 0 Å². The summed E-state index contributed by atoms with van der Waals surface area (Å²) in [6, 6.07) is 9.57. The van der Waals surface area contributed by atoms with Gasteiger partial charge in [0.15, 0.2) is 11.9 Å². The number of allylic oxidation sites excluding steroid dienone is 2. The van der Waals surface area contributed by atoms with Gasteiger partial charge in [0.05, 0.1) is 0 Å². The zero-order valence-electron chi connectivity index (χ0n) is 20.6. The normalized spacial score (nSPS) is 16.0. The minimum Gasteiger partial charge on any atom is -0.505 e. The van der Waals surface area contributed by atoms with E-state index in [0.29, 0.717) is 6.42 Å². The number of unbranched alkanes of at least 4 members (excludes halogenated alkanes) is 12. The Morgan fingerprint density at radius 3 is 2.06 bits per heavy atom. The fourth-order valence-electron chi connectivity index (χ4n) is 4.13.